The molecule has 4 heteroatoms. The van der Waals surface area contributed by atoms with Crippen LogP contribution in [0, 0.1) is 11.8 Å². The number of rotatable bonds is 5. The summed E-state index contributed by atoms with van der Waals surface area (Å²) in [6.45, 7) is 1.14. The fourth-order valence-electron chi connectivity index (χ4n) is 3.29. The SMILES string of the molecule is CN(CC(O)C1CC1)C(=O)C1CCCOC1c1ccccc1. The summed E-state index contributed by atoms with van der Waals surface area (Å²) in [5.74, 6) is 0.337. The Kier molecular flexibility index (Phi) is 4.79. The lowest BCUT2D eigenvalue weighted by Gasteiger charge is -2.34. The Bertz CT molecular complexity index is 500. The van der Waals surface area contributed by atoms with E-state index in [9.17, 15) is 9.90 Å². The largest absolute Gasteiger partial charge is 0.391 e. The van der Waals surface area contributed by atoms with Gasteiger partial charge in [-0.25, -0.2) is 0 Å². The molecule has 1 aromatic carbocycles. The highest BCUT2D eigenvalue weighted by atomic mass is 16.5. The third-order valence-corrected chi connectivity index (χ3v) is 4.77. The molecule has 1 saturated carbocycles. The van der Waals surface area contributed by atoms with Crippen LogP contribution < -0.4 is 0 Å². The van der Waals surface area contributed by atoms with Crippen molar-refractivity contribution < 1.29 is 14.6 Å². The molecule has 2 aliphatic rings. The molecular weight excluding hydrogens is 278 g/mol. The zero-order chi connectivity index (χ0) is 15.5. The highest BCUT2D eigenvalue weighted by Gasteiger charge is 2.37. The summed E-state index contributed by atoms with van der Waals surface area (Å²) in [6, 6.07) is 9.98. The third-order valence-electron chi connectivity index (χ3n) is 4.77. The van der Waals surface area contributed by atoms with Crippen molar-refractivity contribution in [3.05, 3.63) is 35.9 Å². The van der Waals surface area contributed by atoms with Crippen LogP contribution in [0.3, 0.4) is 0 Å². The summed E-state index contributed by atoms with van der Waals surface area (Å²) in [5.41, 5.74) is 1.07. The van der Waals surface area contributed by atoms with E-state index in [-0.39, 0.29) is 24.0 Å². The predicted octanol–water partition coefficient (Wildman–Crippen LogP) is 2.38. The zero-order valence-electron chi connectivity index (χ0n) is 13.1. The molecule has 1 aromatic rings. The van der Waals surface area contributed by atoms with Gasteiger partial charge in [-0.1, -0.05) is 30.3 Å². The first-order valence-electron chi connectivity index (χ1n) is 8.26. The highest BCUT2D eigenvalue weighted by Crippen LogP contribution is 2.36. The van der Waals surface area contributed by atoms with Gasteiger partial charge in [-0.3, -0.25) is 4.79 Å². The number of likely N-dealkylation sites (N-methyl/N-ethyl adjacent to an activating group) is 1. The topological polar surface area (TPSA) is 49.8 Å². The summed E-state index contributed by atoms with van der Waals surface area (Å²) in [6.07, 6.45) is 3.39. The standard InChI is InChI=1S/C18H25NO3/c1-19(12-16(20)13-9-10-13)18(21)15-8-5-11-22-17(15)14-6-3-2-4-7-14/h2-4,6-7,13,15-17,20H,5,8-12H2,1H3. The van der Waals surface area contributed by atoms with Gasteiger partial charge < -0.3 is 14.7 Å². The summed E-state index contributed by atoms with van der Waals surface area (Å²) in [4.78, 5) is 14.5. The normalized spacial score (nSPS) is 26.5. The Morgan fingerprint density at radius 2 is 2.05 bits per heavy atom. The van der Waals surface area contributed by atoms with E-state index in [0.717, 1.165) is 31.2 Å². The van der Waals surface area contributed by atoms with Crippen molar-refractivity contribution in [3.63, 3.8) is 0 Å². The first-order chi connectivity index (χ1) is 10.7. The Morgan fingerprint density at radius 1 is 1.32 bits per heavy atom. The second-order valence-corrected chi connectivity index (χ2v) is 6.57. The molecule has 1 aliphatic heterocycles. The molecule has 2 fully saturated rings. The van der Waals surface area contributed by atoms with Crippen LogP contribution in [0.25, 0.3) is 0 Å². The van der Waals surface area contributed by atoms with Gasteiger partial charge in [0.2, 0.25) is 5.91 Å². The van der Waals surface area contributed by atoms with Crippen molar-refractivity contribution in [2.75, 3.05) is 20.2 Å². The molecule has 0 aromatic heterocycles. The van der Waals surface area contributed by atoms with Crippen LogP contribution in [0.15, 0.2) is 30.3 Å². The van der Waals surface area contributed by atoms with E-state index in [2.05, 4.69) is 0 Å². The average molecular weight is 303 g/mol. The van der Waals surface area contributed by atoms with E-state index in [1.807, 2.05) is 30.3 Å². The van der Waals surface area contributed by atoms with E-state index in [4.69, 9.17) is 4.74 Å². The van der Waals surface area contributed by atoms with E-state index in [1.54, 1.807) is 11.9 Å². The number of hydrogen-bond donors (Lipinski definition) is 1. The molecule has 22 heavy (non-hydrogen) atoms. The van der Waals surface area contributed by atoms with E-state index in [1.165, 1.54) is 0 Å². The van der Waals surface area contributed by atoms with Crippen LogP contribution in [0.5, 0.6) is 0 Å². The maximum absolute atomic E-state index is 12.8. The first kappa shape index (κ1) is 15.5. The number of amides is 1. The maximum Gasteiger partial charge on any atom is 0.228 e. The van der Waals surface area contributed by atoms with Crippen molar-refractivity contribution >= 4 is 5.91 Å². The van der Waals surface area contributed by atoms with Crippen molar-refractivity contribution in [2.24, 2.45) is 11.8 Å². The molecule has 120 valence electrons. The second kappa shape index (κ2) is 6.80. The molecular formula is C18H25NO3. The second-order valence-electron chi connectivity index (χ2n) is 6.57. The molecule has 1 N–H and O–H groups in total. The van der Waals surface area contributed by atoms with Crippen LogP contribution in [-0.4, -0.2) is 42.2 Å². The molecule has 0 bridgehead atoms. The summed E-state index contributed by atoms with van der Waals surface area (Å²) < 4.78 is 5.90. The Hall–Kier alpha value is -1.39. The highest BCUT2D eigenvalue weighted by molar-refractivity contribution is 5.79. The van der Waals surface area contributed by atoms with Crippen molar-refractivity contribution in [3.8, 4) is 0 Å². The summed E-state index contributed by atoms with van der Waals surface area (Å²) >= 11 is 0. The molecule has 1 heterocycles. The van der Waals surface area contributed by atoms with Gasteiger partial charge in [0.15, 0.2) is 0 Å². The molecule has 1 amide bonds. The van der Waals surface area contributed by atoms with Gasteiger partial charge >= 0.3 is 0 Å². The van der Waals surface area contributed by atoms with E-state index < -0.39 is 0 Å². The number of benzene rings is 1. The van der Waals surface area contributed by atoms with Gasteiger partial charge in [-0.05, 0) is 37.2 Å². The third kappa shape index (κ3) is 3.50. The molecule has 3 atom stereocenters. The lowest BCUT2D eigenvalue weighted by Crippen LogP contribution is -2.42. The number of carbonyl (C=O) groups is 1. The van der Waals surface area contributed by atoms with Crippen LogP contribution in [0.2, 0.25) is 0 Å². The van der Waals surface area contributed by atoms with Gasteiger partial charge in [0, 0.05) is 20.2 Å². The molecule has 1 saturated heterocycles. The lowest BCUT2D eigenvalue weighted by molar-refractivity contribution is -0.145. The average Bonchev–Trinajstić information content (AvgIpc) is 3.40. The van der Waals surface area contributed by atoms with Crippen LogP contribution in [0.4, 0.5) is 0 Å². The lowest BCUT2D eigenvalue weighted by atomic mass is 9.88. The minimum Gasteiger partial charge on any atom is -0.391 e. The maximum atomic E-state index is 12.8. The number of aliphatic hydroxyl groups excluding tert-OH is 1. The molecule has 3 rings (SSSR count). The fraction of sp³-hybridized carbons (Fsp3) is 0.611. The predicted molar refractivity (Wildman–Crippen MR) is 84.2 cm³/mol. The Balaban J connectivity index is 1.68. The Morgan fingerprint density at radius 3 is 2.73 bits per heavy atom. The van der Waals surface area contributed by atoms with Crippen LogP contribution in [-0.2, 0) is 9.53 Å². The minimum absolute atomic E-state index is 0.0910. The zero-order valence-corrected chi connectivity index (χ0v) is 13.1. The number of hydrogen-bond acceptors (Lipinski definition) is 3. The first-order valence-corrected chi connectivity index (χ1v) is 8.26. The minimum atomic E-state index is -0.381. The number of carbonyl (C=O) groups excluding carboxylic acids is 1. The molecule has 3 unspecified atom stereocenters. The van der Waals surface area contributed by atoms with E-state index >= 15 is 0 Å². The number of nitrogens with zero attached hydrogens (tertiary/aromatic N) is 1. The quantitative estimate of drug-likeness (QED) is 0.908. The monoisotopic (exact) mass is 303 g/mol. The van der Waals surface area contributed by atoms with E-state index in [0.29, 0.717) is 19.1 Å². The van der Waals surface area contributed by atoms with Gasteiger partial charge in [-0.15, -0.1) is 0 Å². The summed E-state index contributed by atoms with van der Waals surface area (Å²) in [5, 5.41) is 10.1. The molecule has 1 aliphatic carbocycles. The van der Waals surface area contributed by atoms with Crippen molar-refractivity contribution in [2.45, 2.75) is 37.9 Å². The number of ether oxygens (including phenoxy) is 1. The summed E-state index contributed by atoms with van der Waals surface area (Å²) in [7, 11) is 1.80. The molecule has 0 radical (unpaired) electrons. The van der Waals surface area contributed by atoms with Gasteiger partial charge in [-0.2, -0.15) is 0 Å². The van der Waals surface area contributed by atoms with Gasteiger partial charge in [0.1, 0.15) is 0 Å². The molecule has 4 nitrogen and oxygen atoms in total. The van der Waals surface area contributed by atoms with Crippen LogP contribution >= 0.6 is 0 Å². The smallest absolute Gasteiger partial charge is 0.228 e. The Labute approximate surface area is 132 Å². The van der Waals surface area contributed by atoms with Gasteiger partial charge in [0.25, 0.3) is 0 Å². The fourth-order valence-corrected chi connectivity index (χ4v) is 3.29. The molecule has 0 spiro atoms. The van der Waals surface area contributed by atoms with Crippen LogP contribution in [0.1, 0.15) is 37.4 Å². The van der Waals surface area contributed by atoms with Gasteiger partial charge in [0.05, 0.1) is 18.1 Å². The number of aliphatic hydroxyl groups is 1. The van der Waals surface area contributed by atoms with Crippen molar-refractivity contribution in [1.29, 1.82) is 0 Å². The van der Waals surface area contributed by atoms with Crippen molar-refractivity contribution in [1.82, 2.24) is 4.90 Å².